The normalized spacial score (nSPS) is 13.5. The van der Waals surface area contributed by atoms with Gasteiger partial charge >= 0.3 is 21.1 Å². The van der Waals surface area contributed by atoms with E-state index in [1.54, 1.807) is 0 Å². The van der Waals surface area contributed by atoms with Gasteiger partial charge in [0.25, 0.3) is 0 Å². The zero-order valence-electron chi connectivity index (χ0n) is 23.0. The van der Waals surface area contributed by atoms with Crippen LogP contribution in [-0.4, -0.2) is 19.4 Å². The second-order valence-corrected chi connectivity index (χ2v) is 10.9. The zero-order valence-corrected chi connectivity index (χ0v) is 25.3. The average Bonchev–Trinajstić information content (AvgIpc) is 3.68. The third kappa shape index (κ3) is 4.09. The van der Waals surface area contributed by atoms with Gasteiger partial charge in [-0.1, -0.05) is 44.2 Å². The summed E-state index contributed by atoms with van der Waals surface area (Å²) < 4.78 is 2.21. The molecule has 0 aliphatic carbocycles. The molecular weight excluding hydrogens is 700 g/mol. The van der Waals surface area contributed by atoms with E-state index < -0.39 is 5.41 Å². The maximum Gasteiger partial charge on any atom is 2.00 e. The van der Waals surface area contributed by atoms with E-state index in [1.165, 1.54) is 0 Å². The molecule has 0 amide bonds. The van der Waals surface area contributed by atoms with Crippen LogP contribution in [0.5, 0.6) is 0 Å². The standard InChI is InChI=1S/C35H26N6.Pt/c1-35(2,24-10-8-13-26(22-24)40-21-20-39(23-40)25-11-4-3-5-12-25)31-18-17-30-33(38-31)32-27(14-9-19-36-32)34-37-28-15-6-7-16-29(28)41(30)34;/h3-21,23H,1-2H3;/q-2;+2. The van der Waals surface area contributed by atoms with Crippen LogP contribution in [-0.2, 0) is 26.5 Å². The fourth-order valence-electron chi connectivity index (χ4n) is 5.74. The Kier molecular flexibility index (Phi) is 6.32. The number of benzene rings is 3. The molecule has 7 aromatic rings. The van der Waals surface area contributed by atoms with Crippen LogP contribution < -0.4 is 9.80 Å². The Bertz CT molecular complexity index is 2130. The number of anilines is 2. The van der Waals surface area contributed by atoms with Crippen LogP contribution in [0.2, 0.25) is 0 Å². The van der Waals surface area contributed by atoms with Crippen molar-refractivity contribution in [2.45, 2.75) is 19.3 Å². The molecule has 0 N–H and O–H groups in total. The Morgan fingerprint density at radius 1 is 0.714 bits per heavy atom. The Labute approximate surface area is 258 Å². The van der Waals surface area contributed by atoms with Gasteiger partial charge in [0.05, 0.1) is 16.6 Å². The van der Waals surface area contributed by atoms with Crippen molar-refractivity contribution in [1.82, 2.24) is 19.4 Å². The number of fused-ring (bicyclic) bond motifs is 8. The molecule has 0 atom stereocenters. The van der Waals surface area contributed by atoms with Gasteiger partial charge < -0.3 is 9.80 Å². The van der Waals surface area contributed by atoms with Gasteiger partial charge in [-0.25, -0.2) is 9.97 Å². The van der Waals surface area contributed by atoms with E-state index >= 15 is 0 Å². The second kappa shape index (κ2) is 10.1. The van der Waals surface area contributed by atoms with Crippen LogP contribution in [0.3, 0.4) is 0 Å². The van der Waals surface area contributed by atoms with Gasteiger partial charge in [-0.3, -0.25) is 9.38 Å². The van der Waals surface area contributed by atoms with E-state index in [2.05, 4.69) is 120 Å². The summed E-state index contributed by atoms with van der Waals surface area (Å²) >= 11 is 0. The number of hydrogen-bond acceptors (Lipinski definition) is 5. The van der Waals surface area contributed by atoms with Crippen molar-refractivity contribution in [2.75, 3.05) is 9.80 Å². The number of hydrogen-bond donors (Lipinski definition) is 0. The van der Waals surface area contributed by atoms with Crippen LogP contribution in [0.25, 0.3) is 38.6 Å². The van der Waals surface area contributed by atoms with Crippen molar-refractivity contribution in [3.05, 3.63) is 140 Å². The molecule has 8 rings (SSSR count). The van der Waals surface area contributed by atoms with Gasteiger partial charge in [0.2, 0.25) is 0 Å². The fourth-order valence-corrected chi connectivity index (χ4v) is 5.74. The van der Waals surface area contributed by atoms with Crippen LogP contribution in [0.1, 0.15) is 25.1 Å². The van der Waals surface area contributed by atoms with E-state index in [0.717, 1.165) is 61.2 Å². The van der Waals surface area contributed by atoms with Crippen molar-refractivity contribution in [1.29, 1.82) is 0 Å². The molecule has 4 aromatic heterocycles. The first-order valence-electron chi connectivity index (χ1n) is 13.7. The summed E-state index contributed by atoms with van der Waals surface area (Å²) in [5.41, 5.74) is 9.35. The number of para-hydroxylation sites is 3. The predicted molar refractivity (Wildman–Crippen MR) is 166 cm³/mol. The summed E-state index contributed by atoms with van der Waals surface area (Å²) in [6.45, 7) is 6.49. The van der Waals surface area contributed by atoms with Crippen molar-refractivity contribution in [3.63, 3.8) is 0 Å². The molecule has 0 bridgehead atoms. The molecule has 0 saturated carbocycles. The zero-order chi connectivity index (χ0) is 27.6. The molecule has 0 radical (unpaired) electrons. The van der Waals surface area contributed by atoms with Crippen LogP contribution in [0.15, 0.2) is 116 Å². The van der Waals surface area contributed by atoms with E-state index in [4.69, 9.17) is 15.0 Å². The maximum absolute atomic E-state index is 5.29. The summed E-state index contributed by atoms with van der Waals surface area (Å²) in [6.07, 6.45) is 5.95. The summed E-state index contributed by atoms with van der Waals surface area (Å²) in [4.78, 5) is 19.2. The van der Waals surface area contributed by atoms with Crippen molar-refractivity contribution in [3.8, 4) is 0 Å². The van der Waals surface area contributed by atoms with Gasteiger partial charge in [0.15, 0.2) is 0 Å². The molecule has 0 spiro atoms. The number of pyridine rings is 3. The van der Waals surface area contributed by atoms with Gasteiger partial charge in [0, 0.05) is 28.4 Å². The Morgan fingerprint density at radius 3 is 2.40 bits per heavy atom. The molecule has 206 valence electrons. The van der Waals surface area contributed by atoms with Crippen LogP contribution >= 0.6 is 0 Å². The maximum atomic E-state index is 5.29. The minimum Gasteiger partial charge on any atom is -0.500 e. The fraction of sp³-hybridized carbons (Fsp3) is 0.0857. The topological polar surface area (TPSA) is 49.6 Å². The van der Waals surface area contributed by atoms with Gasteiger partial charge in [0.1, 0.15) is 16.7 Å². The molecule has 3 aromatic carbocycles. The number of nitrogens with zero attached hydrogens (tertiary/aromatic N) is 6. The van der Waals surface area contributed by atoms with Crippen LogP contribution in [0.4, 0.5) is 11.4 Å². The van der Waals surface area contributed by atoms with Crippen LogP contribution in [0, 0.1) is 12.7 Å². The monoisotopic (exact) mass is 725 g/mol. The first-order valence-corrected chi connectivity index (χ1v) is 13.7. The Morgan fingerprint density at radius 2 is 1.52 bits per heavy atom. The molecule has 6 nitrogen and oxygen atoms in total. The summed E-state index contributed by atoms with van der Waals surface area (Å²) in [5, 5.41) is 0.992. The number of imidazole rings is 1. The Hall–Kier alpha value is -4.54. The number of aromatic nitrogens is 4. The molecule has 0 saturated heterocycles. The summed E-state index contributed by atoms with van der Waals surface area (Å²) in [7, 11) is 0. The quantitative estimate of drug-likeness (QED) is 0.138. The smallest absolute Gasteiger partial charge is 0.500 e. The molecule has 42 heavy (non-hydrogen) atoms. The third-order valence-corrected chi connectivity index (χ3v) is 8.01. The first-order chi connectivity index (χ1) is 20.1. The van der Waals surface area contributed by atoms with Crippen molar-refractivity contribution < 1.29 is 21.1 Å². The van der Waals surface area contributed by atoms with E-state index in [0.29, 0.717) is 0 Å². The van der Waals surface area contributed by atoms with Gasteiger partial charge in [-0.05, 0) is 60.9 Å². The third-order valence-electron chi connectivity index (χ3n) is 8.01. The summed E-state index contributed by atoms with van der Waals surface area (Å²) in [6, 6.07) is 36.9. The minimum absolute atomic E-state index is 0. The number of rotatable bonds is 4. The molecular formula is C35H26N6Pt. The van der Waals surface area contributed by atoms with Gasteiger partial charge in [-0.15, -0.1) is 17.9 Å². The van der Waals surface area contributed by atoms with E-state index in [1.807, 2.05) is 36.5 Å². The Balaban J connectivity index is 0.00000288. The molecule has 5 heterocycles. The molecule has 7 heteroatoms. The van der Waals surface area contributed by atoms with Crippen molar-refractivity contribution >= 4 is 50.0 Å². The average molecular weight is 726 g/mol. The molecule has 1 aliphatic heterocycles. The van der Waals surface area contributed by atoms with E-state index in [9.17, 15) is 0 Å². The largest absolute Gasteiger partial charge is 2.00 e. The SMILES string of the molecule is CC(C)(c1[c-]c(N2C=CN(c3ccccc3)[CH-]2)ccc1)c1ccc2c(n1)c1ncccc1c1nc3ccccc3n21.[Pt+2]. The van der Waals surface area contributed by atoms with Crippen molar-refractivity contribution in [2.24, 2.45) is 0 Å². The summed E-state index contributed by atoms with van der Waals surface area (Å²) in [5.74, 6) is 0. The predicted octanol–water partition coefficient (Wildman–Crippen LogP) is 7.62. The first kappa shape index (κ1) is 26.4. The molecule has 1 aliphatic rings. The minimum atomic E-state index is -0.403. The van der Waals surface area contributed by atoms with Gasteiger partial charge in [-0.2, -0.15) is 24.3 Å². The second-order valence-electron chi connectivity index (χ2n) is 10.9. The van der Waals surface area contributed by atoms with E-state index in [-0.39, 0.29) is 21.1 Å². The molecule has 0 fully saturated rings. The molecule has 0 unspecified atom stereocenters.